The summed E-state index contributed by atoms with van der Waals surface area (Å²) in [5, 5.41) is 7.47. The second-order valence-corrected chi connectivity index (χ2v) is 2.48. The van der Waals surface area contributed by atoms with E-state index in [0.717, 1.165) is 25.1 Å². The minimum Gasteiger partial charge on any atom is -0.278 e. The fourth-order valence-corrected chi connectivity index (χ4v) is 0.967. The highest BCUT2D eigenvalue weighted by Crippen LogP contribution is 2.38. The molecular weight excluding hydrogens is 130 g/mol. The van der Waals surface area contributed by atoms with E-state index in [2.05, 4.69) is 10.2 Å². The average molecular weight is 137 g/mol. The summed E-state index contributed by atoms with van der Waals surface area (Å²) in [6, 6.07) is 0. The van der Waals surface area contributed by atoms with Gasteiger partial charge in [0.2, 0.25) is 6.41 Å². The van der Waals surface area contributed by atoms with Crippen molar-refractivity contribution in [2.24, 2.45) is 0 Å². The van der Waals surface area contributed by atoms with Crippen LogP contribution in [0.5, 0.6) is 0 Å². The van der Waals surface area contributed by atoms with Crippen LogP contribution in [0.15, 0.2) is 6.33 Å². The van der Waals surface area contributed by atoms with Crippen LogP contribution < -0.4 is 0 Å². The molecule has 1 aliphatic carbocycles. The summed E-state index contributed by atoms with van der Waals surface area (Å²) in [4.78, 5) is 10.3. The molecule has 2 rings (SSSR count). The van der Waals surface area contributed by atoms with Crippen LogP contribution in [0.1, 0.15) is 24.6 Å². The Morgan fingerprint density at radius 3 is 3.10 bits per heavy atom. The summed E-state index contributed by atoms with van der Waals surface area (Å²) in [5.74, 6) is 1.31. The van der Waals surface area contributed by atoms with Crippen LogP contribution in [-0.4, -0.2) is 21.2 Å². The molecule has 1 aromatic rings. The minimum atomic E-state index is 0.493. The molecule has 4 heteroatoms. The van der Waals surface area contributed by atoms with Gasteiger partial charge >= 0.3 is 0 Å². The van der Waals surface area contributed by atoms with Gasteiger partial charge in [-0.15, -0.1) is 10.2 Å². The molecule has 0 aliphatic heterocycles. The number of hydrogen-bond acceptors (Lipinski definition) is 3. The zero-order valence-electron chi connectivity index (χ0n) is 5.40. The Morgan fingerprint density at radius 1 is 1.70 bits per heavy atom. The summed E-state index contributed by atoms with van der Waals surface area (Å²) in [6.45, 7) is 0. The lowest BCUT2D eigenvalue weighted by Gasteiger charge is -1.91. The van der Waals surface area contributed by atoms with Crippen molar-refractivity contribution in [3.63, 3.8) is 0 Å². The molecule has 1 aromatic heterocycles. The molecule has 0 bridgehead atoms. The van der Waals surface area contributed by atoms with Crippen LogP contribution in [0.4, 0.5) is 0 Å². The Kier molecular flexibility index (Phi) is 1.06. The Hall–Kier alpha value is -1.19. The summed E-state index contributed by atoms with van der Waals surface area (Å²) in [5.41, 5.74) is 0. The fraction of sp³-hybridized carbons (Fsp3) is 0.500. The molecule has 1 saturated carbocycles. The Balaban J connectivity index is 2.37. The lowest BCUT2D eigenvalue weighted by atomic mass is 10.4. The third-order valence-electron chi connectivity index (χ3n) is 1.66. The third-order valence-corrected chi connectivity index (χ3v) is 1.66. The number of carbonyl (C=O) groups is 1. The molecule has 0 aromatic carbocycles. The van der Waals surface area contributed by atoms with Gasteiger partial charge in [0, 0.05) is 5.92 Å². The Morgan fingerprint density at radius 2 is 2.50 bits per heavy atom. The normalized spacial score (nSPS) is 17.2. The average Bonchev–Trinajstić information content (AvgIpc) is 2.69. The van der Waals surface area contributed by atoms with Crippen molar-refractivity contribution < 1.29 is 4.79 Å². The van der Waals surface area contributed by atoms with Crippen LogP contribution in [0.25, 0.3) is 0 Å². The van der Waals surface area contributed by atoms with E-state index in [1.165, 1.54) is 10.9 Å². The van der Waals surface area contributed by atoms with E-state index in [9.17, 15) is 4.79 Å². The van der Waals surface area contributed by atoms with Gasteiger partial charge in [0.15, 0.2) is 0 Å². The van der Waals surface area contributed by atoms with Crippen LogP contribution >= 0.6 is 0 Å². The Bertz CT molecular complexity index is 251. The molecule has 1 aliphatic rings. The third kappa shape index (κ3) is 0.725. The molecule has 52 valence electrons. The van der Waals surface area contributed by atoms with E-state index < -0.39 is 0 Å². The molecule has 4 nitrogen and oxygen atoms in total. The first kappa shape index (κ1) is 5.58. The predicted octanol–water partition coefficient (Wildman–Crippen LogP) is 0.194. The highest BCUT2D eigenvalue weighted by Gasteiger charge is 2.28. The molecule has 1 heterocycles. The van der Waals surface area contributed by atoms with Crippen LogP contribution in [0.2, 0.25) is 0 Å². The maximum atomic E-state index is 10.3. The first-order valence-corrected chi connectivity index (χ1v) is 3.26. The highest BCUT2D eigenvalue weighted by molar-refractivity contribution is 5.52. The zero-order chi connectivity index (χ0) is 6.97. The van der Waals surface area contributed by atoms with Gasteiger partial charge in [-0.1, -0.05) is 0 Å². The predicted molar refractivity (Wildman–Crippen MR) is 34.1 cm³/mol. The quantitative estimate of drug-likeness (QED) is 0.547. The van der Waals surface area contributed by atoms with E-state index in [4.69, 9.17) is 0 Å². The minimum absolute atomic E-state index is 0.493. The first-order chi connectivity index (χ1) is 4.92. The van der Waals surface area contributed by atoms with Crippen LogP contribution in [0.3, 0.4) is 0 Å². The van der Waals surface area contributed by atoms with E-state index in [0.29, 0.717) is 5.92 Å². The lowest BCUT2D eigenvalue weighted by molar-refractivity contribution is 0.544. The molecule has 10 heavy (non-hydrogen) atoms. The largest absolute Gasteiger partial charge is 0.278 e. The molecular formula is C6H7N3O. The molecule has 0 N–H and O–H groups in total. The molecule has 1 fully saturated rings. The smallest absolute Gasteiger partial charge is 0.220 e. The summed E-state index contributed by atoms with van der Waals surface area (Å²) in [6.07, 6.45) is 4.48. The van der Waals surface area contributed by atoms with Crippen LogP contribution in [0, 0.1) is 0 Å². The molecule has 0 spiro atoms. The van der Waals surface area contributed by atoms with Gasteiger partial charge in [-0.05, 0) is 12.8 Å². The summed E-state index contributed by atoms with van der Waals surface area (Å²) >= 11 is 0. The maximum Gasteiger partial charge on any atom is 0.220 e. The highest BCUT2D eigenvalue weighted by atomic mass is 16.1. The standard InChI is InChI=1S/C6H7N3O/c10-4-9-3-7-8-6(9)5-1-2-5/h3-5H,1-2H2. The van der Waals surface area contributed by atoms with Crippen molar-refractivity contribution >= 4 is 6.41 Å². The maximum absolute atomic E-state index is 10.3. The zero-order valence-corrected chi connectivity index (χ0v) is 5.40. The topological polar surface area (TPSA) is 47.8 Å². The molecule has 0 saturated heterocycles. The molecule has 0 radical (unpaired) electrons. The summed E-state index contributed by atoms with van der Waals surface area (Å²) in [7, 11) is 0. The second kappa shape index (κ2) is 1.90. The molecule has 0 amide bonds. The van der Waals surface area contributed by atoms with Crippen molar-refractivity contribution in [1.82, 2.24) is 14.8 Å². The van der Waals surface area contributed by atoms with Crippen molar-refractivity contribution in [2.45, 2.75) is 18.8 Å². The number of nitrogens with zero attached hydrogens (tertiary/aromatic N) is 3. The van der Waals surface area contributed by atoms with E-state index >= 15 is 0 Å². The molecule has 0 atom stereocenters. The van der Waals surface area contributed by atoms with Gasteiger partial charge < -0.3 is 0 Å². The van der Waals surface area contributed by atoms with Gasteiger partial charge in [0.05, 0.1) is 0 Å². The van der Waals surface area contributed by atoms with E-state index in [1.54, 1.807) is 0 Å². The van der Waals surface area contributed by atoms with Crippen molar-refractivity contribution in [2.75, 3.05) is 0 Å². The second-order valence-electron chi connectivity index (χ2n) is 2.48. The van der Waals surface area contributed by atoms with E-state index in [-0.39, 0.29) is 0 Å². The van der Waals surface area contributed by atoms with Crippen LogP contribution in [-0.2, 0) is 4.79 Å². The van der Waals surface area contributed by atoms with Gasteiger partial charge in [0.1, 0.15) is 12.2 Å². The van der Waals surface area contributed by atoms with Gasteiger partial charge in [-0.25, -0.2) is 0 Å². The van der Waals surface area contributed by atoms with E-state index in [1.807, 2.05) is 0 Å². The van der Waals surface area contributed by atoms with Gasteiger partial charge in [-0.3, -0.25) is 9.36 Å². The fourth-order valence-electron chi connectivity index (χ4n) is 0.967. The Labute approximate surface area is 57.9 Å². The van der Waals surface area contributed by atoms with Gasteiger partial charge in [0.25, 0.3) is 0 Å². The SMILES string of the molecule is O=Cn1cnnc1C1CC1. The summed E-state index contributed by atoms with van der Waals surface area (Å²) < 4.78 is 1.44. The number of rotatable bonds is 2. The van der Waals surface area contributed by atoms with Gasteiger partial charge in [-0.2, -0.15) is 0 Å². The first-order valence-electron chi connectivity index (χ1n) is 3.26. The van der Waals surface area contributed by atoms with Crippen molar-refractivity contribution in [1.29, 1.82) is 0 Å². The number of aromatic nitrogens is 3. The molecule has 0 unspecified atom stereocenters. The number of carbonyl (C=O) groups excluding carboxylic acids is 1. The monoisotopic (exact) mass is 137 g/mol. The van der Waals surface area contributed by atoms with Crippen molar-refractivity contribution in [3.8, 4) is 0 Å². The number of hydrogen-bond donors (Lipinski definition) is 0. The lowest BCUT2D eigenvalue weighted by Crippen LogP contribution is -1.98. The van der Waals surface area contributed by atoms with Crippen molar-refractivity contribution in [3.05, 3.63) is 12.2 Å².